The summed E-state index contributed by atoms with van der Waals surface area (Å²) in [5.74, 6) is 0.765. The molecule has 0 saturated heterocycles. The second kappa shape index (κ2) is 5.75. The molecular formula is C12H16N2O. The minimum atomic E-state index is 0.383. The third-order valence-corrected chi connectivity index (χ3v) is 1.79. The largest absolute Gasteiger partial charge is 0.487 e. The minimum Gasteiger partial charge on any atom is -0.487 e. The molecule has 0 fully saturated rings. The quantitative estimate of drug-likeness (QED) is 0.583. The van der Waals surface area contributed by atoms with Gasteiger partial charge in [-0.1, -0.05) is 12.2 Å². The van der Waals surface area contributed by atoms with Crippen molar-refractivity contribution >= 4 is 5.69 Å². The molecule has 0 atom stereocenters. The molecule has 3 nitrogen and oxygen atoms in total. The molecule has 0 bridgehead atoms. The Morgan fingerprint density at radius 1 is 1.33 bits per heavy atom. The summed E-state index contributed by atoms with van der Waals surface area (Å²) in [6.07, 6.45) is 5.61. The maximum atomic E-state index is 5.70. The molecule has 0 heterocycles. The third-order valence-electron chi connectivity index (χ3n) is 1.79. The van der Waals surface area contributed by atoms with Crippen molar-refractivity contribution in [1.82, 2.24) is 0 Å². The molecule has 0 spiro atoms. The van der Waals surface area contributed by atoms with Crippen LogP contribution in [0.15, 0.2) is 48.2 Å². The number of allylic oxidation sites excluding steroid dienone is 3. The van der Waals surface area contributed by atoms with E-state index < -0.39 is 0 Å². The zero-order chi connectivity index (χ0) is 11.1. The van der Waals surface area contributed by atoms with E-state index in [9.17, 15) is 0 Å². The summed E-state index contributed by atoms with van der Waals surface area (Å²) in [4.78, 5) is 0. The van der Waals surface area contributed by atoms with Crippen LogP contribution < -0.4 is 16.2 Å². The summed E-state index contributed by atoms with van der Waals surface area (Å²) in [6, 6.07) is 7.22. The van der Waals surface area contributed by atoms with Crippen molar-refractivity contribution in [3.8, 4) is 5.75 Å². The highest BCUT2D eigenvalue weighted by atomic mass is 16.5. The molecule has 1 aromatic rings. The van der Waals surface area contributed by atoms with Crippen LogP contribution in [0, 0.1) is 0 Å². The number of rotatable bonds is 4. The number of anilines is 1. The fraction of sp³-hybridized carbons (Fsp3) is 0.167. The van der Waals surface area contributed by atoms with E-state index in [-0.39, 0.29) is 0 Å². The van der Waals surface area contributed by atoms with Gasteiger partial charge in [-0.15, -0.1) is 0 Å². The molecule has 1 rings (SSSR count). The Labute approximate surface area is 90.0 Å². The summed E-state index contributed by atoms with van der Waals surface area (Å²) >= 11 is 0. The molecule has 0 radical (unpaired) electrons. The van der Waals surface area contributed by atoms with E-state index in [1.165, 1.54) is 0 Å². The molecule has 0 saturated carbocycles. The van der Waals surface area contributed by atoms with Crippen LogP contribution in [0.4, 0.5) is 5.69 Å². The van der Waals surface area contributed by atoms with E-state index >= 15 is 0 Å². The fourth-order valence-electron chi connectivity index (χ4n) is 0.999. The maximum Gasteiger partial charge on any atom is 0.127 e. The van der Waals surface area contributed by atoms with Crippen LogP contribution in [0.1, 0.15) is 6.92 Å². The zero-order valence-electron chi connectivity index (χ0n) is 8.81. The van der Waals surface area contributed by atoms with Gasteiger partial charge in [0.05, 0.1) is 0 Å². The number of hydrogen-bond donors (Lipinski definition) is 2. The summed E-state index contributed by atoms with van der Waals surface area (Å²) in [5, 5.41) is 0. The first kappa shape index (κ1) is 11.2. The predicted molar refractivity (Wildman–Crippen MR) is 63.4 cm³/mol. The van der Waals surface area contributed by atoms with E-state index in [0.29, 0.717) is 12.3 Å². The highest BCUT2D eigenvalue weighted by Crippen LogP contribution is 2.13. The van der Waals surface area contributed by atoms with Gasteiger partial charge in [0.1, 0.15) is 12.4 Å². The van der Waals surface area contributed by atoms with Crippen LogP contribution in [0.25, 0.3) is 0 Å². The first-order valence-electron chi connectivity index (χ1n) is 4.78. The van der Waals surface area contributed by atoms with E-state index in [2.05, 4.69) is 0 Å². The summed E-state index contributed by atoms with van der Waals surface area (Å²) in [7, 11) is 0. The molecule has 0 aliphatic rings. The van der Waals surface area contributed by atoms with Gasteiger partial charge >= 0.3 is 0 Å². The molecule has 0 aliphatic heterocycles. The lowest BCUT2D eigenvalue weighted by atomic mass is 10.3. The Balaban J connectivity index is 2.46. The van der Waals surface area contributed by atoms with Gasteiger partial charge < -0.3 is 16.2 Å². The summed E-state index contributed by atoms with van der Waals surface area (Å²) in [6.45, 7) is 2.32. The van der Waals surface area contributed by atoms with Gasteiger partial charge in [-0.05, 0) is 37.3 Å². The Kier molecular flexibility index (Phi) is 4.29. The van der Waals surface area contributed by atoms with Crippen LogP contribution in [0.5, 0.6) is 5.75 Å². The van der Waals surface area contributed by atoms with Crippen LogP contribution >= 0.6 is 0 Å². The Morgan fingerprint density at radius 2 is 2.00 bits per heavy atom. The number of nitrogens with two attached hydrogens (primary N) is 2. The molecule has 1 aromatic carbocycles. The van der Waals surface area contributed by atoms with Crippen LogP contribution in [0.3, 0.4) is 0 Å². The van der Waals surface area contributed by atoms with E-state index in [0.717, 1.165) is 11.4 Å². The van der Waals surface area contributed by atoms with E-state index in [4.69, 9.17) is 16.2 Å². The second-order valence-electron chi connectivity index (χ2n) is 3.13. The van der Waals surface area contributed by atoms with Gasteiger partial charge in [-0.25, -0.2) is 0 Å². The minimum absolute atomic E-state index is 0.383. The van der Waals surface area contributed by atoms with Gasteiger partial charge in [0.25, 0.3) is 0 Å². The van der Waals surface area contributed by atoms with E-state index in [1.54, 1.807) is 12.1 Å². The first-order chi connectivity index (χ1) is 7.22. The number of hydrogen-bond acceptors (Lipinski definition) is 3. The average Bonchev–Trinajstić information content (AvgIpc) is 2.25. The summed E-state index contributed by atoms with van der Waals surface area (Å²) in [5.41, 5.74) is 12.7. The fourth-order valence-corrected chi connectivity index (χ4v) is 0.999. The smallest absolute Gasteiger partial charge is 0.127 e. The van der Waals surface area contributed by atoms with Gasteiger partial charge in [0.15, 0.2) is 0 Å². The van der Waals surface area contributed by atoms with Crippen molar-refractivity contribution < 1.29 is 4.74 Å². The van der Waals surface area contributed by atoms with Crippen LogP contribution in [0.2, 0.25) is 0 Å². The van der Waals surface area contributed by atoms with Gasteiger partial charge in [0, 0.05) is 11.4 Å². The molecule has 4 N–H and O–H groups in total. The Hall–Kier alpha value is -1.90. The molecule has 0 unspecified atom stereocenters. The standard InChI is InChI=1S/C12H16N2O/c1-2-3-4-11(14)9-15-12-7-5-10(13)6-8-12/h2-8H,9,13-14H2,1H3/b3-2-,11-4-. The third kappa shape index (κ3) is 4.22. The van der Waals surface area contributed by atoms with Crippen molar-refractivity contribution in [1.29, 1.82) is 0 Å². The van der Waals surface area contributed by atoms with Crippen molar-refractivity contribution in [3.05, 3.63) is 48.2 Å². The molecule has 0 aromatic heterocycles. The van der Waals surface area contributed by atoms with Crippen LogP contribution in [-0.2, 0) is 0 Å². The second-order valence-corrected chi connectivity index (χ2v) is 3.13. The zero-order valence-corrected chi connectivity index (χ0v) is 8.81. The Morgan fingerprint density at radius 3 is 2.60 bits per heavy atom. The van der Waals surface area contributed by atoms with Crippen molar-refractivity contribution in [2.75, 3.05) is 12.3 Å². The van der Waals surface area contributed by atoms with Crippen molar-refractivity contribution in [3.63, 3.8) is 0 Å². The number of nitrogen functional groups attached to an aromatic ring is 1. The lowest BCUT2D eigenvalue weighted by Crippen LogP contribution is -2.08. The normalized spacial score (nSPS) is 11.9. The Bertz CT molecular complexity index is 352. The van der Waals surface area contributed by atoms with Gasteiger partial charge in [0.2, 0.25) is 0 Å². The maximum absolute atomic E-state index is 5.70. The van der Waals surface area contributed by atoms with Crippen molar-refractivity contribution in [2.45, 2.75) is 6.92 Å². The van der Waals surface area contributed by atoms with Crippen LogP contribution in [-0.4, -0.2) is 6.61 Å². The average molecular weight is 204 g/mol. The topological polar surface area (TPSA) is 61.3 Å². The van der Waals surface area contributed by atoms with Crippen molar-refractivity contribution in [2.24, 2.45) is 5.73 Å². The lowest BCUT2D eigenvalue weighted by Gasteiger charge is -2.05. The highest BCUT2D eigenvalue weighted by Gasteiger charge is 1.93. The van der Waals surface area contributed by atoms with E-state index in [1.807, 2.05) is 37.3 Å². The van der Waals surface area contributed by atoms with Gasteiger partial charge in [-0.3, -0.25) is 0 Å². The molecule has 80 valence electrons. The molecule has 0 aliphatic carbocycles. The highest BCUT2D eigenvalue weighted by molar-refractivity contribution is 5.41. The molecule has 15 heavy (non-hydrogen) atoms. The van der Waals surface area contributed by atoms with Gasteiger partial charge in [-0.2, -0.15) is 0 Å². The monoisotopic (exact) mass is 204 g/mol. The molecule has 0 amide bonds. The molecular weight excluding hydrogens is 188 g/mol. The first-order valence-corrected chi connectivity index (χ1v) is 4.78. The predicted octanol–water partition coefficient (Wildman–Crippen LogP) is 2.07. The summed E-state index contributed by atoms with van der Waals surface area (Å²) < 4.78 is 5.44. The lowest BCUT2D eigenvalue weighted by molar-refractivity contribution is 0.350. The SMILES string of the molecule is C/C=C\C=C(/N)COc1ccc(N)cc1. The number of benzene rings is 1. The molecule has 3 heteroatoms. The number of ether oxygens (including phenoxy) is 1.